The molecular formula is C13H21N. The van der Waals surface area contributed by atoms with Crippen molar-refractivity contribution in [2.75, 3.05) is 6.54 Å². The van der Waals surface area contributed by atoms with Crippen molar-refractivity contribution in [2.24, 2.45) is 0 Å². The molecule has 78 valence electrons. The maximum atomic E-state index is 3.48. The molecule has 0 heterocycles. The van der Waals surface area contributed by atoms with E-state index in [1.54, 1.807) is 0 Å². The van der Waals surface area contributed by atoms with Gasteiger partial charge >= 0.3 is 0 Å². The summed E-state index contributed by atoms with van der Waals surface area (Å²) in [5.74, 6) is 0. The second-order valence-corrected chi connectivity index (χ2v) is 4.37. The number of rotatable bonds is 4. The Morgan fingerprint density at radius 3 is 2.29 bits per heavy atom. The molecular weight excluding hydrogens is 170 g/mol. The average Bonchev–Trinajstić information content (AvgIpc) is 2.19. The Bertz CT molecular complexity index is 264. The maximum Gasteiger partial charge on any atom is 0.0130 e. The van der Waals surface area contributed by atoms with Crippen molar-refractivity contribution >= 4 is 0 Å². The van der Waals surface area contributed by atoms with Crippen LogP contribution in [0.3, 0.4) is 0 Å². The summed E-state index contributed by atoms with van der Waals surface area (Å²) in [6.45, 7) is 10.00. The quantitative estimate of drug-likeness (QED) is 0.771. The van der Waals surface area contributed by atoms with E-state index in [0.29, 0.717) is 6.04 Å². The Morgan fingerprint density at radius 2 is 1.79 bits per heavy atom. The van der Waals surface area contributed by atoms with Gasteiger partial charge in [-0.3, -0.25) is 0 Å². The van der Waals surface area contributed by atoms with Crippen molar-refractivity contribution in [3.8, 4) is 0 Å². The SMILES string of the molecule is CCNC(C)C(C)(C)c1ccccc1. The molecule has 1 N–H and O–H groups in total. The first kappa shape index (κ1) is 11.3. The molecule has 0 amide bonds. The number of hydrogen-bond acceptors (Lipinski definition) is 1. The molecule has 14 heavy (non-hydrogen) atoms. The third-order valence-corrected chi connectivity index (χ3v) is 3.11. The van der Waals surface area contributed by atoms with E-state index in [-0.39, 0.29) is 5.41 Å². The molecule has 1 unspecified atom stereocenters. The summed E-state index contributed by atoms with van der Waals surface area (Å²) in [4.78, 5) is 0. The molecule has 0 aliphatic carbocycles. The minimum atomic E-state index is 0.192. The summed E-state index contributed by atoms with van der Waals surface area (Å²) in [6.07, 6.45) is 0. The van der Waals surface area contributed by atoms with Crippen LogP contribution >= 0.6 is 0 Å². The zero-order valence-corrected chi connectivity index (χ0v) is 9.67. The second kappa shape index (κ2) is 4.61. The highest BCUT2D eigenvalue weighted by Gasteiger charge is 2.26. The van der Waals surface area contributed by atoms with Crippen LogP contribution in [-0.4, -0.2) is 12.6 Å². The van der Waals surface area contributed by atoms with Crippen molar-refractivity contribution in [3.63, 3.8) is 0 Å². The number of nitrogens with one attached hydrogen (secondary N) is 1. The van der Waals surface area contributed by atoms with E-state index in [2.05, 4.69) is 63.3 Å². The zero-order valence-electron chi connectivity index (χ0n) is 9.67. The van der Waals surface area contributed by atoms with Crippen molar-refractivity contribution in [1.29, 1.82) is 0 Å². The predicted octanol–water partition coefficient (Wildman–Crippen LogP) is 2.96. The Hall–Kier alpha value is -0.820. The predicted molar refractivity (Wildman–Crippen MR) is 62.6 cm³/mol. The van der Waals surface area contributed by atoms with Crippen LogP contribution in [0.2, 0.25) is 0 Å². The highest BCUT2D eigenvalue weighted by Crippen LogP contribution is 2.26. The van der Waals surface area contributed by atoms with Crippen LogP contribution in [-0.2, 0) is 5.41 Å². The zero-order chi connectivity index (χ0) is 10.6. The van der Waals surface area contributed by atoms with Crippen LogP contribution in [0.4, 0.5) is 0 Å². The summed E-state index contributed by atoms with van der Waals surface area (Å²) in [5, 5.41) is 3.48. The first-order chi connectivity index (χ1) is 6.59. The summed E-state index contributed by atoms with van der Waals surface area (Å²) in [5.41, 5.74) is 1.59. The topological polar surface area (TPSA) is 12.0 Å². The van der Waals surface area contributed by atoms with Crippen LogP contribution < -0.4 is 5.32 Å². The van der Waals surface area contributed by atoms with E-state index in [4.69, 9.17) is 0 Å². The molecule has 0 aromatic heterocycles. The van der Waals surface area contributed by atoms with Crippen molar-refractivity contribution in [3.05, 3.63) is 35.9 Å². The number of likely N-dealkylation sites (N-methyl/N-ethyl adjacent to an activating group) is 1. The minimum Gasteiger partial charge on any atom is -0.314 e. The van der Waals surface area contributed by atoms with Gasteiger partial charge in [0.2, 0.25) is 0 Å². The van der Waals surface area contributed by atoms with E-state index in [1.165, 1.54) is 5.56 Å². The lowest BCUT2D eigenvalue weighted by atomic mass is 9.78. The lowest BCUT2D eigenvalue weighted by Gasteiger charge is -2.33. The average molecular weight is 191 g/mol. The van der Waals surface area contributed by atoms with Gasteiger partial charge in [0, 0.05) is 11.5 Å². The second-order valence-electron chi connectivity index (χ2n) is 4.37. The third-order valence-electron chi connectivity index (χ3n) is 3.11. The summed E-state index contributed by atoms with van der Waals surface area (Å²) in [6, 6.07) is 11.2. The molecule has 0 fully saturated rings. The Balaban J connectivity index is 2.84. The van der Waals surface area contributed by atoms with Gasteiger partial charge in [0.15, 0.2) is 0 Å². The van der Waals surface area contributed by atoms with E-state index in [9.17, 15) is 0 Å². The van der Waals surface area contributed by atoms with Gasteiger partial charge in [0.05, 0.1) is 0 Å². The minimum absolute atomic E-state index is 0.192. The standard InChI is InChI=1S/C13H21N/c1-5-14-11(2)13(3,4)12-9-7-6-8-10-12/h6-11,14H,5H2,1-4H3. The third kappa shape index (κ3) is 2.36. The molecule has 0 bridgehead atoms. The maximum absolute atomic E-state index is 3.48. The summed E-state index contributed by atoms with van der Waals surface area (Å²) in [7, 11) is 0. The Labute approximate surface area is 87.5 Å². The summed E-state index contributed by atoms with van der Waals surface area (Å²) < 4.78 is 0. The molecule has 0 aliphatic rings. The van der Waals surface area contributed by atoms with Crippen molar-refractivity contribution in [1.82, 2.24) is 5.32 Å². The molecule has 0 aliphatic heterocycles. The normalized spacial score (nSPS) is 14.0. The van der Waals surface area contributed by atoms with Gasteiger partial charge in [-0.1, -0.05) is 51.1 Å². The Morgan fingerprint density at radius 1 is 1.21 bits per heavy atom. The van der Waals surface area contributed by atoms with E-state index in [0.717, 1.165) is 6.54 Å². The van der Waals surface area contributed by atoms with E-state index >= 15 is 0 Å². The van der Waals surface area contributed by atoms with Gasteiger partial charge < -0.3 is 5.32 Å². The fourth-order valence-corrected chi connectivity index (χ4v) is 1.68. The highest BCUT2D eigenvalue weighted by atomic mass is 14.9. The Kier molecular flexibility index (Phi) is 3.70. The smallest absolute Gasteiger partial charge is 0.0130 e. The van der Waals surface area contributed by atoms with Gasteiger partial charge in [-0.2, -0.15) is 0 Å². The van der Waals surface area contributed by atoms with Gasteiger partial charge in [-0.05, 0) is 19.0 Å². The van der Waals surface area contributed by atoms with E-state index < -0.39 is 0 Å². The molecule has 1 nitrogen and oxygen atoms in total. The van der Waals surface area contributed by atoms with Gasteiger partial charge in [0.25, 0.3) is 0 Å². The molecule has 1 aromatic carbocycles. The molecule has 0 spiro atoms. The van der Waals surface area contributed by atoms with Crippen LogP contribution in [0.1, 0.15) is 33.3 Å². The molecule has 0 saturated carbocycles. The summed E-state index contributed by atoms with van der Waals surface area (Å²) >= 11 is 0. The van der Waals surface area contributed by atoms with Crippen LogP contribution in [0.15, 0.2) is 30.3 Å². The van der Waals surface area contributed by atoms with E-state index in [1.807, 2.05) is 0 Å². The van der Waals surface area contributed by atoms with Crippen LogP contribution in [0.5, 0.6) is 0 Å². The molecule has 1 aromatic rings. The lowest BCUT2D eigenvalue weighted by Crippen LogP contribution is -2.42. The molecule has 0 saturated heterocycles. The molecule has 1 atom stereocenters. The number of benzene rings is 1. The molecule has 0 radical (unpaired) electrons. The molecule has 1 rings (SSSR count). The highest BCUT2D eigenvalue weighted by molar-refractivity contribution is 5.25. The van der Waals surface area contributed by atoms with Gasteiger partial charge in [0.1, 0.15) is 0 Å². The largest absolute Gasteiger partial charge is 0.314 e. The van der Waals surface area contributed by atoms with Crippen molar-refractivity contribution < 1.29 is 0 Å². The first-order valence-corrected chi connectivity index (χ1v) is 5.38. The van der Waals surface area contributed by atoms with Crippen LogP contribution in [0, 0.1) is 0 Å². The number of hydrogen-bond donors (Lipinski definition) is 1. The monoisotopic (exact) mass is 191 g/mol. The first-order valence-electron chi connectivity index (χ1n) is 5.38. The van der Waals surface area contributed by atoms with Crippen LogP contribution in [0.25, 0.3) is 0 Å². The molecule has 1 heteroatoms. The lowest BCUT2D eigenvalue weighted by molar-refractivity contribution is 0.368. The fraction of sp³-hybridized carbons (Fsp3) is 0.538. The van der Waals surface area contributed by atoms with Crippen molar-refractivity contribution in [2.45, 2.75) is 39.2 Å². The van der Waals surface area contributed by atoms with Gasteiger partial charge in [-0.25, -0.2) is 0 Å². The fourth-order valence-electron chi connectivity index (χ4n) is 1.68. The van der Waals surface area contributed by atoms with Gasteiger partial charge in [-0.15, -0.1) is 0 Å².